The van der Waals surface area contributed by atoms with Crippen molar-refractivity contribution in [3.05, 3.63) is 72.1 Å². The fourth-order valence-corrected chi connectivity index (χ4v) is 3.39. The number of aliphatic hydroxyl groups excluding tert-OH is 1. The summed E-state index contributed by atoms with van der Waals surface area (Å²) in [5.41, 5.74) is 1.30. The molecule has 0 radical (unpaired) electrons. The fourth-order valence-electron chi connectivity index (χ4n) is 3.39. The summed E-state index contributed by atoms with van der Waals surface area (Å²) >= 11 is 0. The Morgan fingerprint density at radius 3 is 2.44 bits per heavy atom. The number of fused-ring (bicyclic) bond motifs is 3. The molecule has 1 heterocycles. The van der Waals surface area contributed by atoms with Gasteiger partial charge in [-0.2, -0.15) is 0 Å². The molecule has 1 aromatic heterocycles. The van der Waals surface area contributed by atoms with Gasteiger partial charge < -0.3 is 19.7 Å². The number of ether oxygens (including phenoxy) is 2. The van der Waals surface area contributed by atoms with Gasteiger partial charge in [0, 0.05) is 6.20 Å². The second-order valence-electron chi connectivity index (χ2n) is 6.28. The molecule has 0 aliphatic carbocycles. The van der Waals surface area contributed by atoms with Crippen molar-refractivity contribution >= 4 is 21.5 Å². The van der Waals surface area contributed by atoms with Crippen LogP contribution in [-0.2, 0) is 0 Å². The molecular formula is C22H19NO4. The third-order valence-corrected chi connectivity index (χ3v) is 4.75. The van der Waals surface area contributed by atoms with E-state index in [1.54, 1.807) is 31.5 Å². The van der Waals surface area contributed by atoms with E-state index in [1.807, 2.05) is 36.4 Å². The van der Waals surface area contributed by atoms with Crippen LogP contribution in [0.1, 0.15) is 17.4 Å². The van der Waals surface area contributed by atoms with Gasteiger partial charge in [-0.05, 0) is 69.6 Å². The quantitative estimate of drug-likeness (QED) is 0.533. The molecule has 0 aliphatic rings. The Hall–Kier alpha value is -3.31. The number of phenolic OH excluding ortho intramolecular Hbond substituents is 1. The average Bonchev–Trinajstić information content (AvgIpc) is 2.72. The zero-order chi connectivity index (χ0) is 19.0. The first-order chi connectivity index (χ1) is 13.1. The monoisotopic (exact) mass is 361 g/mol. The number of rotatable bonds is 4. The molecule has 3 aromatic carbocycles. The van der Waals surface area contributed by atoms with Gasteiger partial charge in [-0.3, -0.25) is 4.98 Å². The van der Waals surface area contributed by atoms with Crippen molar-refractivity contribution in [3.63, 3.8) is 0 Å². The van der Waals surface area contributed by atoms with E-state index in [9.17, 15) is 10.2 Å². The van der Waals surface area contributed by atoms with Crippen molar-refractivity contribution in [3.8, 4) is 17.2 Å². The maximum absolute atomic E-state index is 11.0. The number of phenols is 1. The number of pyridine rings is 1. The SMILES string of the molecule is COc1ccc2c(C(O)c3ccccn3)cc3cc(OC)c(O)cc3c2c1. The molecule has 2 N–H and O–H groups in total. The second kappa shape index (κ2) is 6.78. The Morgan fingerprint density at radius 2 is 1.74 bits per heavy atom. The van der Waals surface area contributed by atoms with E-state index < -0.39 is 6.10 Å². The highest BCUT2D eigenvalue weighted by molar-refractivity contribution is 6.10. The van der Waals surface area contributed by atoms with E-state index in [0.717, 1.165) is 27.1 Å². The van der Waals surface area contributed by atoms with Gasteiger partial charge in [-0.25, -0.2) is 0 Å². The van der Waals surface area contributed by atoms with Crippen molar-refractivity contribution in [2.75, 3.05) is 14.2 Å². The number of hydrogen-bond donors (Lipinski definition) is 2. The van der Waals surface area contributed by atoms with Crippen LogP contribution >= 0.6 is 0 Å². The minimum atomic E-state index is -0.883. The van der Waals surface area contributed by atoms with Crippen molar-refractivity contribution < 1.29 is 19.7 Å². The summed E-state index contributed by atoms with van der Waals surface area (Å²) in [6, 6.07) is 16.5. The molecule has 0 aliphatic heterocycles. The van der Waals surface area contributed by atoms with E-state index in [0.29, 0.717) is 17.2 Å². The third-order valence-electron chi connectivity index (χ3n) is 4.75. The van der Waals surface area contributed by atoms with E-state index in [-0.39, 0.29) is 5.75 Å². The van der Waals surface area contributed by atoms with Crippen LogP contribution in [0.4, 0.5) is 0 Å². The molecule has 4 aromatic rings. The van der Waals surface area contributed by atoms with Gasteiger partial charge in [0.1, 0.15) is 11.9 Å². The first-order valence-corrected chi connectivity index (χ1v) is 8.52. The number of aromatic hydroxyl groups is 1. The predicted octanol–water partition coefficient (Wildman–Crippen LogP) is 4.19. The van der Waals surface area contributed by atoms with Gasteiger partial charge in [0.15, 0.2) is 11.5 Å². The van der Waals surface area contributed by atoms with Crippen molar-refractivity contribution in [2.45, 2.75) is 6.10 Å². The van der Waals surface area contributed by atoms with Crippen LogP contribution in [0.2, 0.25) is 0 Å². The van der Waals surface area contributed by atoms with E-state index >= 15 is 0 Å². The minimum absolute atomic E-state index is 0.0622. The standard InChI is InChI=1S/C22H19NO4/c1-26-14-6-7-15-17(11-14)16-12-20(24)21(27-2)10-13(16)9-18(15)22(25)19-5-3-4-8-23-19/h3-12,22,24-25H,1-2H3. The van der Waals surface area contributed by atoms with Crippen LogP contribution in [0.15, 0.2) is 60.8 Å². The summed E-state index contributed by atoms with van der Waals surface area (Å²) in [6.45, 7) is 0. The average molecular weight is 361 g/mol. The van der Waals surface area contributed by atoms with E-state index in [2.05, 4.69) is 4.98 Å². The largest absolute Gasteiger partial charge is 0.504 e. The molecule has 136 valence electrons. The van der Waals surface area contributed by atoms with Gasteiger partial charge in [0.2, 0.25) is 0 Å². The van der Waals surface area contributed by atoms with Crippen molar-refractivity contribution in [1.82, 2.24) is 4.98 Å². The molecule has 1 unspecified atom stereocenters. The number of aromatic nitrogens is 1. The summed E-state index contributed by atoms with van der Waals surface area (Å²) in [7, 11) is 3.12. The normalized spacial score (nSPS) is 12.3. The molecule has 0 saturated carbocycles. The molecule has 1 atom stereocenters. The molecule has 0 spiro atoms. The summed E-state index contributed by atoms with van der Waals surface area (Å²) in [6.07, 6.45) is 0.776. The fraction of sp³-hybridized carbons (Fsp3) is 0.136. The molecule has 27 heavy (non-hydrogen) atoms. The Bertz CT molecular complexity index is 1130. The summed E-state index contributed by atoms with van der Waals surface area (Å²) in [5, 5.41) is 24.6. The number of benzene rings is 3. The number of hydrogen-bond acceptors (Lipinski definition) is 5. The Kier molecular flexibility index (Phi) is 4.30. The lowest BCUT2D eigenvalue weighted by Gasteiger charge is -2.17. The van der Waals surface area contributed by atoms with E-state index in [4.69, 9.17) is 9.47 Å². The van der Waals surface area contributed by atoms with Gasteiger partial charge in [0.05, 0.1) is 19.9 Å². The summed E-state index contributed by atoms with van der Waals surface area (Å²) < 4.78 is 10.6. The second-order valence-corrected chi connectivity index (χ2v) is 6.28. The van der Waals surface area contributed by atoms with Gasteiger partial charge >= 0.3 is 0 Å². The highest BCUT2D eigenvalue weighted by atomic mass is 16.5. The van der Waals surface area contributed by atoms with Gasteiger partial charge in [-0.15, -0.1) is 0 Å². The first-order valence-electron chi connectivity index (χ1n) is 8.52. The Morgan fingerprint density at radius 1 is 0.889 bits per heavy atom. The summed E-state index contributed by atoms with van der Waals surface area (Å²) in [4.78, 5) is 4.28. The zero-order valence-electron chi connectivity index (χ0n) is 15.0. The number of aliphatic hydroxyl groups is 1. The lowest BCUT2D eigenvalue weighted by molar-refractivity contribution is 0.217. The molecule has 5 heteroatoms. The first kappa shape index (κ1) is 17.1. The highest BCUT2D eigenvalue weighted by Crippen LogP contribution is 2.40. The highest BCUT2D eigenvalue weighted by Gasteiger charge is 2.18. The topological polar surface area (TPSA) is 71.8 Å². The van der Waals surface area contributed by atoms with Crippen molar-refractivity contribution in [2.24, 2.45) is 0 Å². The predicted molar refractivity (Wildman–Crippen MR) is 105 cm³/mol. The van der Waals surface area contributed by atoms with Crippen LogP contribution in [-0.4, -0.2) is 29.4 Å². The molecule has 0 amide bonds. The van der Waals surface area contributed by atoms with Crippen LogP contribution < -0.4 is 9.47 Å². The summed E-state index contributed by atoms with van der Waals surface area (Å²) in [5.74, 6) is 1.14. The Balaban J connectivity index is 2.06. The molecule has 4 rings (SSSR count). The van der Waals surface area contributed by atoms with Crippen LogP contribution in [0.25, 0.3) is 21.5 Å². The molecule has 0 fully saturated rings. The number of methoxy groups -OCH3 is 2. The van der Waals surface area contributed by atoms with Crippen molar-refractivity contribution in [1.29, 1.82) is 0 Å². The molecule has 5 nitrogen and oxygen atoms in total. The zero-order valence-corrected chi connectivity index (χ0v) is 15.0. The molecule has 0 bridgehead atoms. The van der Waals surface area contributed by atoms with E-state index in [1.165, 1.54) is 7.11 Å². The molecular weight excluding hydrogens is 342 g/mol. The van der Waals surface area contributed by atoms with Crippen LogP contribution in [0, 0.1) is 0 Å². The third kappa shape index (κ3) is 2.92. The van der Waals surface area contributed by atoms with Gasteiger partial charge in [0.25, 0.3) is 0 Å². The minimum Gasteiger partial charge on any atom is -0.504 e. The molecule has 0 saturated heterocycles. The smallest absolute Gasteiger partial charge is 0.161 e. The lowest BCUT2D eigenvalue weighted by Crippen LogP contribution is -2.03. The van der Waals surface area contributed by atoms with Crippen LogP contribution in [0.3, 0.4) is 0 Å². The number of nitrogens with zero attached hydrogens (tertiary/aromatic N) is 1. The van der Waals surface area contributed by atoms with Crippen LogP contribution in [0.5, 0.6) is 17.2 Å². The van der Waals surface area contributed by atoms with Gasteiger partial charge in [-0.1, -0.05) is 12.1 Å². The lowest BCUT2D eigenvalue weighted by atomic mass is 9.93. The Labute approximate surface area is 156 Å². The maximum atomic E-state index is 11.0. The maximum Gasteiger partial charge on any atom is 0.161 e.